The summed E-state index contributed by atoms with van der Waals surface area (Å²) in [5.74, 6) is 0. The number of unbranched alkanes of at least 4 members (excludes halogenated alkanes) is 2. The second-order valence-electron chi connectivity index (χ2n) is 3.63. The van der Waals surface area contributed by atoms with Crippen molar-refractivity contribution in [2.75, 3.05) is 18.5 Å². The van der Waals surface area contributed by atoms with E-state index in [0.29, 0.717) is 16.7 Å². The zero-order valence-electron chi connectivity index (χ0n) is 9.36. The molecule has 0 bridgehead atoms. The summed E-state index contributed by atoms with van der Waals surface area (Å²) in [6.45, 7) is 0.862. The maximum atomic E-state index is 10.8. The van der Waals surface area contributed by atoms with Crippen LogP contribution in [-0.2, 0) is 0 Å². The highest BCUT2D eigenvalue weighted by Crippen LogP contribution is 2.27. The Kier molecular flexibility index (Phi) is 5.93. The van der Waals surface area contributed by atoms with Gasteiger partial charge in [-0.15, -0.1) is 0 Å². The molecule has 6 heteroatoms. The molecule has 5 nitrogen and oxygen atoms in total. The van der Waals surface area contributed by atoms with Crippen LogP contribution in [0.1, 0.15) is 19.3 Å². The van der Waals surface area contributed by atoms with Crippen molar-refractivity contribution in [2.24, 2.45) is 0 Å². The smallest absolute Gasteiger partial charge is 0.293 e. The predicted molar refractivity (Wildman–Crippen MR) is 70.2 cm³/mol. The number of aliphatic hydroxyl groups excluding tert-OH is 1. The van der Waals surface area contributed by atoms with Crippen molar-refractivity contribution >= 4 is 27.3 Å². The van der Waals surface area contributed by atoms with E-state index in [4.69, 9.17) is 5.11 Å². The van der Waals surface area contributed by atoms with Gasteiger partial charge in [-0.25, -0.2) is 0 Å². The number of aliphatic hydroxyl groups is 1. The summed E-state index contributed by atoms with van der Waals surface area (Å²) in [7, 11) is 0. The Hall–Kier alpha value is -1.14. The molecule has 0 radical (unpaired) electrons. The second-order valence-corrected chi connectivity index (χ2v) is 4.55. The lowest BCUT2D eigenvalue weighted by Gasteiger charge is -2.06. The Morgan fingerprint density at radius 1 is 1.35 bits per heavy atom. The van der Waals surface area contributed by atoms with E-state index in [1.165, 1.54) is 6.07 Å². The number of rotatable bonds is 7. The third kappa shape index (κ3) is 4.70. The van der Waals surface area contributed by atoms with Crippen molar-refractivity contribution in [3.8, 4) is 0 Å². The fraction of sp³-hybridized carbons (Fsp3) is 0.455. The Labute approximate surface area is 108 Å². The van der Waals surface area contributed by atoms with E-state index in [0.717, 1.165) is 19.3 Å². The van der Waals surface area contributed by atoms with Crippen molar-refractivity contribution in [3.63, 3.8) is 0 Å². The molecule has 2 N–H and O–H groups in total. The van der Waals surface area contributed by atoms with Gasteiger partial charge in [0.15, 0.2) is 0 Å². The molecule has 0 saturated heterocycles. The SMILES string of the molecule is O=[N+]([O-])c1cc(Br)ccc1NCCCCCO. The summed E-state index contributed by atoms with van der Waals surface area (Å²) < 4.78 is 0.690. The number of nitrogens with zero attached hydrogens (tertiary/aromatic N) is 1. The molecule has 0 spiro atoms. The molecular weight excluding hydrogens is 288 g/mol. The standard InChI is InChI=1S/C11H15BrN2O3/c12-9-4-5-10(11(8-9)14(16)17)13-6-2-1-3-7-15/h4-5,8,13,15H,1-3,6-7H2. The van der Waals surface area contributed by atoms with Gasteiger partial charge in [0.05, 0.1) is 4.92 Å². The Morgan fingerprint density at radius 3 is 2.76 bits per heavy atom. The van der Waals surface area contributed by atoms with Gasteiger partial charge in [0, 0.05) is 23.7 Å². The first-order valence-electron chi connectivity index (χ1n) is 5.44. The molecule has 0 atom stereocenters. The monoisotopic (exact) mass is 302 g/mol. The minimum Gasteiger partial charge on any atom is -0.396 e. The first-order valence-corrected chi connectivity index (χ1v) is 6.23. The van der Waals surface area contributed by atoms with E-state index in [2.05, 4.69) is 21.2 Å². The molecule has 0 heterocycles. The van der Waals surface area contributed by atoms with Gasteiger partial charge in [0.2, 0.25) is 0 Å². The molecule has 1 aromatic carbocycles. The normalized spacial score (nSPS) is 10.2. The molecule has 0 aromatic heterocycles. The molecule has 1 aromatic rings. The van der Waals surface area contributed by atoms with Gasteiger partial charge in [-0.1, -0.05) is 15.9 Å². The van der Waals surface area contributed by atoms with Gasteiger partial charge in [0.1, 0.15) is 5.69 Å². The fourth-order valence-corrected chi connectivity index (χ4v) is 1.79. The maximum absolute atomic E-state index is 10.8. The molecule has 0 saturated carbocycles. The number of hydrogen-bond donors (Lipinski definition) is 2. The van der Waals surface area contributed by atoms with Crippen LogP contribution < -0.4 is 5.32 Å². The average molecular weight is 303 g/mol. The van der Waals surface area contributed by atoms with Crippen molar-refractivity contribution in [2.45, 2.75) is 19.3 Å². The minimum atomic E-state index is -0.402. The highest BCUT2D eigenvalue weighted by Gasteiger charge is 2.13. The van der Waals surface area contributed by atoms with E-state index in [-0.39, 0.29) is 12.3 Å². The van der Waals surface area contributed by atoms with Gasteiger partial charge in [0.25, 0.3) is 5.69 Å². The molecule has 0 fully saturated rings. The highest BCUT2D eigenvalue weighted by molar-refractivity contribution is 9.10. The van der Waals surface area contributed by atoms with Crippen molar-refractivity contribution in [1.29, 1.82) is 0 Å². The number of nitro benzene ring substituents is 1. The first kappa shape index (κ1) is 13.9. The van der Waals surface area contributed by atoms with Crippen LogP contribution in [0.25, 0.3) is 0 Å². The quantitative estimate of drug-likeness (QED) is 0.461. The van der Waals surface area contributed by atoms with Gasteiger partial charge in [-0.05, 0) is 31.4 Å². The van der Waals surface area contributed by atoms with Gasteiger partial charge in [-0.3, -0.25) is 10.1 Å². The zero-order valence-corrected chi connectivity index (χ0v) is 10.9. The number of anilines is 1. The van der Waals surface area contributed by atoms with Crippen LogP contribution in [0.3, 0.4) is 0 Å². The van der Waals surface area contributed by atoms with E-state index >= 15 is 0 Å². The first-order chi connectivity index (χ1) is 8.15. The fourth-order valence-electron chi connectivity index (χ4n) is 1.44. The van der Waals surface area contributed by atoms with Gasteiger partial charge >= 0.3 is 0 Å². The summed E-state index contributed by atoms with van der Waals surface area (Å²) in [5.41, 5.74) is 0.601. The van der Waals surface area contributed by atoms with Crippen molar-refractivity contribution < 1.29 is 10.0 Å². The van der Waals surface area contributed by atoms with Crippen molar-refractivity contribution in [1.82, 2.24) is 0 Å². The lowest BCUT2D eigenvalue weighted by atomic mass is 10.2. The number of nitrogens with one attached hydrogen (secondary N) is 1. The molecular formula is C11H15BrN2O3. The van der Waals surface area contributed by atoms with Crippen LogP contribution in [0.2, 0.25) is 0 Å². The summed E-state index contributed by atoms with van der Waals surface area (Å²) in [4.78, 5) is 10.4. The number of halogens is 1. The Morgan fingerprint density at radius 2 is 2.12 bits per heavy atom. The summed E-state index contributed by atoms with van der Waals surface area (Å²) in [6, 6.07) is 4.94. The molecule has 0 unspecified atom stereocenters. The van der Waals surface area contributed by atoms with E-state index in [1.807, 2.05) is 0 Å². The molecule has 94 valence electrons. The molecule has 0 aliphatic rings. The largest absolute Gasteiger partial charge is 0.396 e. The minimum absolute atomic E-state index is 0.0709. The average Bonchev–Trinajstić information content (AvgIpc) is 2.30. The van der Waals surface area contributed by atoms with Crippen LogP contribution >= 0.6 is 15.9 Å². The Bertz CT molecular complexity index is 385. The maximum Gasteiger partial charge on any atom is 0.293 e. The van der Waals surface area contributed by atoms with Crippen molar-refractivity contribution in [3.05, 3.63) is 32.8 Å². The van der Waals surface area contributed by atoms with Crippen LogP contribution in [-0.4, -0.2) is 23.2 Å². The predicted octanol–water partition coefficient (Wildman–Crippen LogP) is 2.93. The van der Waals surface area contributed by atoms with Crippen LogP contribution in [0.5, 0.6) is 0 Å². The molecule has 0 aliphatic carbocycles. The van der Waals surface area contributed by atoms with Crippen LogP contribution in [0, 0.1) is 10.1 Å². The number of benzene rings is 1. The number of hydrogen-bond acceptors (Lipinski definition) is 4. The van der Waals surface area contributed by atoms with Gasteiger partial charge in [-0.2, -0.15) is 0 Å². The highest BCUT2D eigenvalue weighted by atomic mass is 79.9. The summed E-state index contributed by atoms with van der Waals surface area (Å²) >= 11 is 3.21. The van der Waals surface area contributed by atoms with Crippen LogP contribution in [0.15, 0.2) is 22.7 Å². The lowest BCUT2D eigenvalue weighted by molar-refractivity contribution is -0.384. The van der Waals surface area contributed by atoms with Crippen LogP contribution in [0.4, 0.5) is 11.4 Å². The number of nitro groups is 1. The topological polar surface area (TPSA) is 75.4 Å². The molecule has 0 aliphatic heterocycles. The lowest BCUT2D eigenvalue weighted by Crippen LogP contribution is -2.04. The molecule has 0 amide bonds. The second kappa shape index (κ2) is 7.24. The summed E-state index contributed by atoms with van der Waals surface area (Å²) in [6.07, 6.45) is 2.56. The molecule has 17 heavy (non-hydrogen) atoms. The van der Waals surface area contributed by atoms with E-state index < -0.39 is 4.92 Å². The van der Waals surface area contributed by atoms with E-state index in [1.54, 1.807) is 12.1 Å². The van der Waals surface area contributed by atoms with Gasteiger partial charge < -0.3 is 10.4 Å². The Balaban J connectivity index is 2.55. The summed E-state index contributed by atoms with van der Waals surface area (Å²) in [5, 5.41) is 22.5. The molecule has 1 rings (SSSR count). The zero-order chi connectivity index (χ0) is 12.7. The van der Waals surface area contributed by atoms with E-state index in [9.17, 15) is 10.1 Å². The third-order valence-electron chi connectivity index (χ3n) is 2.31. The third-order valence-corrected chi connectivity index (χ3v) is 2.80.